The smallest absolute Gasteiger partial charge is 0.344 e. The number of aryl methyl sites for hydroxylation is 1. The first-order chi connectivity index (χ1) is 13.5. The number of carbonyl (C=O) groups is 2. The molecule has 2 aromatic carbocycles. The summed E-state index contributed by atoms with van der Waals surface area (Å²) in [7, 11) is 0. The molecule has 1 heterocycles. The number of aromatic nitrogens is 1. The highest BCUT2D eigenvalue weighted by molar-refractivity contribution is 9.10. The highest BCUT2D eigenvalue weighted by Gasteiger charge is 2.11. The van der Waals surface area contributed by atoms with E-state index in [1.54, 1.807) is 24.3 Å². The molecule has 3 aromatic rings. The van der Waals surface area contributed by atoms with Crippen LogP contribution in [0.4, 0.5) is 5.13 Å². The molecule has 0 saturated heterocycles. The summed E-state index contributed by atoms with van der Waals surface area (Å²) in [5.41, 5.74) is 2.91. The summed E-state index contributed by atoms with van der Waals surface area (Å²) in [6.45, 7) is 1.34. The average molecular weight is 461 g/mol. The zero-order valence-electron chi connectivity index (χ0n) is 15.0. The zero-order valence-corrected chi connectivity index (χ0v) is 17.4. The van der Waals surface area contributed by atoms with Gasteiger partial charge in [0, 0.05) is 15.4 Å². The number of hydrogen-bond donors (Lipinski definition) is 1. The molecule has 0 aliphatic carbocycles. The number of rotatable bonds is 7. The van der Waals surface area contributed by atoms with E-state index >= 15 is 0 Å². The maximum atomic E-state index is 12.0. The Morgan fingerprint density at radius 3 is 2.50 bits per heavy atom. The number of nitrogens with zero attached hydrogens (tertiary/aromatic N) is 1. The van der Waals surface area contributed by atoms with Crippen LogP contribution in [-0.4, -0.2) is 30.1 Å². The van der Waals surface area contributed by atoms with Crippen LogP contribution in [-0.2, 0) is 14.3 Å². The highest BCUT2D eigenvalue weighted by atomic mass is 79.9. The lowest BCUT2D eigenvalue weighted by Gasteiger charge is -2.07. The number of carbonyl (C=O) groups excluding carboxylic acids is 2. The van der Waals surface area contributed by atoms with Crippen molar-refractivity contribution in [2.45, 2.75) is 6.92 Å². The molecule has 28 heavy (non-hydrogen) atoms. The second-order valence-electron chi connectivity index (χ2n) is 5.86. The summed E-state index contributed by atoms with van der Waals surface area (Å²) in [6, 6.07) is 15.0. The van der Waals surface area contributed by atoms with Crippen molar-refractivity contribution in [3.05, 3.63) is 63.9 Å². The first-order valence-electron chi connectivity index (χ1n) is 8.36. The Labute approximate surface area is 174 Å². The predicted octanol–water partition coefficient (Wildman–Crippen LogP) is 4.44. The fourth-order valence-corrected chi connectivity index (χ4v) is 3.20. The van der Waals surface area contributed by atoms with Gasteiger partial charge in [0.15, 0.2) is 18.3 Å². The standard InChI is InChI=1S/C20H17BrN2O4S/c1-13-2-4-14(5-3-13)17-12-28-20(22-17)23-18(24)10-27-19(25)11-26-16-8-6-15(21)7-9-16/h2-9,12H,10-11H2,1H3,(H,22,23,24). The minimum atomic E-state index is -0.627. The summed E-state index contributed by atoms with van der Waals surface area (Å²) in [5, 5.41) is 4.93. The minimum absolute atomic E-state index is 0.274. The van der Waals surface area contributed by atoms with E-state index in [0.717, 1.165) is 15.7 Å². The Kier molecular flexibility index (Phi) is 6.78. The van der Waals surface area contributed by atoms with Crippen LogP contribution in [0.15, 0.2) is 58.4 Å². The van der Waals surface area contributed by atoms with Gasteiger partial charge in [0.1, 0.15) is 5.75 Å². The molecule has 1 amide bonds. The lowest BCUT2D eigenvalue weighted by atomic mass is 10.1. The molecule has 0 bridgehead atoms. The molecule has 1 N–H and O–H groups in total. The van der Waals surface area contributed by atoms with Crippen molar-refractivity contribution in [2.75, 3.05) is 18.5 Å². The first-order valence-corrected chi connectivity index (χ1v) is 10.0. The SMILES string of the molecule is Cc1ccc(-c2csc(NC(=O)COC(=O)COc3ccc(Br)cc3)n2)cc1. The third kappa shape index (κ3) is 5.90. The minimum Gasteiger partial charge on any atom is -0.482 e. The van der Waals surface area contributed by atoms with E-state index in [1.807, 2.05) is 36.6 Å². The summed E-state index contributed by atoms with van der Waals surface area (Å²) in [5.74, 6) is -0.546. The Hall–Kier alpha value is -2.71. The molecule has 6 nitrogen and oxygen atoms in total. The van der Waals surface area contributed by atoms with E-state index < -0.39 is 18.5 Å². The summed E-state index contributed by atoms with van der Waals surface area (Å²) < 4.78 is 11.1. The number of ether oxygens (including phenoxy) is 2. The van der Waals surface area contributed by atoms with E-state index in [4.69, 9.17) is 9.47 Å². The first kappa shape index (κ1) is 20.0. The monoisotopic (exact) mass is 460 g/mol. The number of esters is 1. The fourth-order valence-electron chi connectivity index (χ4n) is 2.20. The molecule has 0 spiro atoms. The molecular formula is C20H17BrN2O4S. The van der Waals surface area contributed by atoms with E-state index in [1.165, 1.54) is 16.9 Å². The molecule has 0 unspecified atom stereocenters. The van der Waals surface area contributed by atoms with Crippen LogP contribution >= 0.6 is 27.3 Å². The third-order valence-electron chi connectivity index (χ3n) is 3.63. The van der Waals surface area contributed by atoms with Gasteiger partial charge in [-0.3, -0.25) is 10.1 Å². The van der Waals surface area contributed by atoms with Gasteiger partial charge in [-0.1, -0.05) is 45.8 Å². The summed E-state index contributed by atoms with van der Waals surface area (Å²) >= 11 is 4.62. The van der Waals surface area contributed by atoms with E-state index in [2.05, 4.69) is 26.2 Å². The van der Waals surface area contributed by atoms with E-state index in [0.29, 0.717) is 10.9 Å². The van der Waals surface area contributed by atoms with E-state index in [9.17, 15) is 9.59 Å². The molecule has 0 radical (unpaired) electrons. The van der Waals surface area contributed by atoms with Crippen molar-refractivity contribution in [3.8, 4) is 17.0 Å². The van der Waals surface area contributed by atoms with Crippen LogP contribution in [0.3, 0.4) is 0 Å². The molecule has 1 aromatic heterocycles. The summed E-state index contributed by atoms with van der Waals surface area (Å²) in [6.07, 6.45) is 0. The third-order valence-corrected chi connectivity index (χ3v) is 4.92. The number of nitrogens with one attached hydrogen (secondary N) is 1. The summed E-state index contributed by atoms with van der Waals surface area (Å²) in [4.78, 5) is 28.0. The molecular weight excluding hydrogens is 444 g/mol. The van der Waals surface area contributed by atoms with Crippen LogP contribution in [0.1, 0.15) is 5.56 Å². The number of anilines is 1. The Morgan fingerprint density at radius 1 is 1.07 bits per heavy atom. The molecule has 0 aliphatic heterocycles. The fraction of sp³-hybridized carbons (Fsp3) is 0.150. The second-order valence-corrected chi connectivity index (χ2v) is 7.63. The average Bonchev–Trinajstić information content (AvgIpc) is 3.15. The number of hydrogen-bond acceptors (Lipinski definition) is 6. The molecule has 0 atom stereocenters. The van der Waals surface area contributed by atoms with Crippen molar-refractivity contribution < 1.29 is 19.1 Å². The van der Waals surface area contributed by atoms with Crippen molar-refractivity contribution >= 4 is 44.3 Å². The van der Waals surface area contributed by atoms with Gasteiger partial charge in [0.2, 0.25) is 0 Å². The molecule has 8 heteroatoms. The number of thiazole rings is 1. The Bertz CT molecular complexity index is 955. The number of amides is 1. The lowest BCUT2D eigenvalue weighted by molar-refractivity contribution is -0.149. The van der Waals surface area contributed by atoms with Crippen LogP contribution in [0.25, 0.3) is 11.3 Å². The molecule has 0 saturated carbocycles. The van der Waals surface area contributed by atoms with Crippen LogP contribution in [0.5, 0.6) is 5.75 Å². The van der Waals surface area contributed by atoms with Gasteiger partial charge in [-0.2, -0.15) is 0 Å². The van der Waals surface area contributed by atoms with Crippen LogP contribution < -0.4 is 10.1 Å². The second kappa shape index (κ2) is 9.48. The van der Waals surface area contributed by atoms with Gasteiger partial charge < -0.3 is 9.47 Å². The van der Waals surface area contributed by atoms with Crippen molar-refractivity contribution in [1.82, 2.24) is 4.98 Å². The van der Waals surface area contributed by atoms with Crippen molar-refractivity contribution in [3.63, 3.8) is 0 Å². The maximum absolute atomic E-state index is 12.0. The van der Waals surface area contributed by atoms with Gasteiger partial charge in [0.05, 0.1) is 5.69 Å². The molecule has 3 rings (SSSR count). The van der Waals surface area contributed by atoms with Gasteiger partial charge >= 0.3 is 5.97 Å². The van der Waals surface area contributed by atoms with Crippen molar-refractivity contribution in [1.29, 1.82) is 0 Å². The molecule has 0 fully saturated rings. The maximum Gasteiger partial charge on any atom is 0.344 e. The lowest BCUT2D eigenvalue weighted by Crippen LogP contribution is -2.23. The van der Waals surface area contributed by atoms with E-state index in [-0.39, 0.29) is 6.61 Å². The normalized spacial score (nSPS) is 10.4. The van der Waals surface area contributed by atoms with Gasteiger partial charge in [-0.15, -0.1) is 11.3 Å². The largest absolute Gasteiger partial charge is 0.482 e. The Balaban J connectivity index is 1.43. The molecule has 144 valence electrons. The van der Waals surface area contributed by atoms with Crippen LogP contribution in [0.2, 0.25) is 0 Å². The quantitative estimate of drug-likeness (QED) is 0.527. The van der Waals surface area contributed by atoms with Gasteiger partial charge in [0.25, 0.3) is 5.91 Å². The Morgan fingerprint density at radius 2 is 1.79 bits per heavy atom. The van der Waals surface area contributed by atoms with Gasteiger partial charge in [-0.25, -0.2) is 9.78 Å². The zero-order chi connectivity index (χ0) is 19.9. The highest BCUT2D eigenvalue weighted by Crippen LogP contribution is 2.25. The van der Waals surface area contributed by atoms with Crippen LogP contribution in [0, 0.1) is 6.92 Å². The number of halogens is 1. The topological polar surface area (TPSA) is 77.5 Å². The van der Waals surface area contributed by atoms with Gasteiger partial charge in [-0.05, 0) is 31.2 Å². The van der Waals surface area contributed by atoms with Crippen molar-refractivity contribution in [2.24, 2.45) is 0 Å². The number of benzene rings is 2. The predicted molar refractivity (Wildman–Crippen MR) is 112 cm³/mol. The molecule has 0 aliphatic rings.